The van der Waals surface area contributed by atoms with Crippen LogP contribution in [0.4, 0.5) is 11.4 Å². The van der Waals surface area contributed by atoms with E-state index in [4.69, 9.17) is 0 Å². The lowest BCUT2D eigenvalue weighted by atomic mass is 9.58. The second kappa shape index (κ2) is 6.81. The van der Waals surface area contributed by atoms with Gasteiger partial charge in [-0.05, 0) is 60.3 Å². The van der Waals surface area contributed by atoms with Crippen molar-refractivity contribution in [3.05, 3.63) is 65.7 Å². The van der Waals surface area contributed by atoms with E-state index < -0.39 is 0 Å². The lowest BCUT2D eigenvalue weighted by molar-refractivity contribution is -0.123. The third kappa shape index (κ3) is 2.68. The average Bonchev–Trinajstić information content (AvgIpc) is 3.29. The Hall–Kier alpha value is -2.88. The number of hydrogen-bond acceptors (Lipinski definition) is 3. The standard InChI is InChI=1S/C28H30N2O2/c1-28(2,3)16-13-14-18-20(15-16)23-24(25-22(18)19-11-7-8-12-21(19)29-25)27(32)30(26(23)31)17-9-5-4-6-10-17/h4-12,16,20,23-25,29H,13-15H2,1-3H3/t16?,20-,23-,24-,25?/m1/s1. The zero-order valence-corrected chi connectivity index (χ0v) is 19.0. The molecule has 164 valence electrons. The molecule has 2 aliphatic carbocycles. The number of fused-ring (bicyclic) bond motifs is 7. The van der Waals surface area contributed by atoms with Gasteiger partial charge in [0.05, 0.1) is 23.6 Å². The minimum Gasteiger partial charge on any atom is -0.377 e. The van der Waals surface area contributed by atoms with Gasteiger partial charge in [0.25, 0.3) is 0 Å². The van der Waals surface area contributed by atoms with Gasteiger partial charge in [-0.1, -0.05) is 62.7 Å². The normalized spacial score (nSPS) is 31.1. The molecule has 2 aliphatic heterocycles. The van der Waals surface area contributed by atoms with Gasteiger partial charge >= 0.3 is 0 Å². The van der Waals surface area contributed by atoms with Gasteiger partial charge in [-0.25, -0.2) is 4.90 Å². The minimum atomic E-state index is -0.349. The predicted octanol–water partition coefficient (Wildman–Crippen LogP) is 5.52. The van der Waals surface area contributed by atoms with Gasteiger partial charge in [0, 0.05) is 11.3 Å². The zero-order chi connectivity index (χ0) is 22.2. The maximum absolute atomic E-state index is 13.9. The number of para-hydroxylation sites is 2. The Morgan fingerprint density at radius 2 is 1.59 bits per heavy atom. The fraction of sp³-hybridized carbons (Fsp3) is 0.429. The highest BCUT2D eigenvalue weighted by Gasteiger charge is 2.61. The van der Waals surface area contributed by atoms with E-state index in [1.165, 1.54) is 21.6 Å². The van der Waals surface area contributed by atoms with Crippen molar-refractivity contribution < 1.29 is 9.59 Å². The molecule has 4 heteroatoms. The Balaban J connectivity index is 1.50. The lowest BCUT2D eigenvalue weighted by Gasteiger charge is -2.46. The molecule has 0 bridgehead atoms. The molecular formula is C28H30N2O2. The van der Waals surface area contributed by atoms with Gasteiger partial charge in [-0.15, -0.1) is 0 Å². The molecule has 6 rings (SSSR count). The summed E-state index contributed by atoms with van der Waals surface area (Å²) in [6.07, 6.45) is 3.15. The molecule has 0 aromatic heterocycles. The number of rotatable bonds is 1. The Labute approximate surface area is 189 Å². The third-order valence-electron chi connectivity index (χ3n) is 8.36. The molecule has 1 saturated heterocycles. The molecule has 2 heterocycles. The van der Waals surface area contributed by atoms with Gasteiger partial charge in [0.15, 0.2) is 0 Å². The predicted molar refractivity (Wildman–Crippen MR) is 127 cm³/mol. The quantitative estimate of drug-likeness (QED) is 0.611. The van der Waals surface area contributed by atoms with E-state index in [2.05, 4.69) is 44.3 Å². The Kier molecular flexibility index (Phi) is 4.21. The van der Waals surface area contributed by atoms with Gasteiger partial charge in [-0.2, -0.15) is 0 Å². The number of carbonyl (C=O) groups excluding carboxylic acids is 2. The summed E-state index contributed by atoms with van der Waals surface area (Å²) < 4.78 is 0. The average molecular weight is 427 g/mol. The zero-order valence-electron chi connectivity index (χ0n) is 19.0. The molecular weight excluding hydrogens is 396 g/mol. The number of benzene rings is 2. The maximum Gasteiger partial charge on any atom is 0.240 e. The topological polar surface area (TPSA) is 49.4 Å². The first-order chi connectivity index (χ1) is 15.4. The van der Waals surface area contributed by atoms with E-state index >= 15 is 0 Å². The summed E-state index contributed by atoms with van der Waals surface area (Å²) in [4.78, 5) is 29.2. The largest absolute Gasteiger partial charge is 0.377 e. The van der Waals surface area contributed by atoms with Crippen LogP contribution in [0, 0.1) is 29.1 Å². The van der Waals surface area contributed by atoms with E-state index in [1.807, 2.05) is 36.4 Å². The highest BCUT2D eigenvalue weighted by Crippen LogP contribution is 2.58. The molecule has 1 saturated carbocycles. The molecule has 2 aromatic carbocycles. The van der Waals surface area contributed by atoms with Gasteiger partial charge in [0.2, 0.25) is 11.8 Å². The van der Waals surface area contributed by atoms with Crippen LogP contribution in [0.2, 0.25) is 0 Å². The number of hydrogen-bond donors (Lipinski definition) is 1. The van der Waals surface area contributed by atoms with Crippen molar-refractivity contribution in [2.24, 2.45) is 29.1 Å². The van der Waals surface area contributed by atoms with Crippen molar-refractivity contribution in [2.75, 3.05) is 10.2 Å². The first kappa shape index (κ1) is 19.8. The molecule has 4 nitrogen and oxygen atoms in total. The fourth-order valence-electron chi connectivity index (χ4n) is 6.78. The molecule has 32 heavy (non-hydrogen) atoms. The molecule has 2 aromatic rings. The van der Waals surface area contributed by atoms with Crippen molar-refractivity contribution in [1.82, 2.24) is 0 Å². The van der Waals surface area contributed by atoms with Crippen molar-refractivity contribution in [1.29, 1.82) is 0 Å². The number of imide groups is 1. The van der Waals surface area contributed by atoms with Gasteiger partial charge in [0.1, 0.15) is 0 Å². The van der Waals surface area contributed by atoms with Crippen molar-refractivity contribution in [3.63, 3.8) is 0 Å². The monoisotopic (exact) mass is 426 g/mol. The summed E-state index contributed by atoms with van der Waals surface area (Å²) in [5.74, 6) is -0.00308. The van der Waals surface area contributed by atoms with Crippen LogP contribution in [0.1, 0.15) is 45.6 Å². The highest BCUT2D eigenvalue weighted by atomic mass is 16.2. The van der Waals surface area contributed by atoms with Crippen LogP contribution in [0.5, 0.6) is 0 Å². The summed E-state index contributed by atoms with van der Waals surface area (Å²) in [5.41, 5.74) is 5.93. The minimum absolute atomic E-state index is 0.0138. The second-order valence-electron chi connectivity index (χ2n) is 10.9. The fourth-order valence-corrected chi connectivity index (χ4v) is 6.78. The summed E-state index contributed by atoms with van der Waals surface area (Å²) in [6.45, 7) is 6.93. The number of amides is 2. The van der Waals surface area contributed by atoms with Crippen LogP contribution in [0.15, 0.2) is 60.2 Å². The van der Waals surface area contributed by atoms with E-state index in [1.54, 1.807) is 0 Å². The van der Waals surface area contributed by atoms with Crippen LogP contribution in [-0.2, 0) is 9.59 Å². The van der Waals surface area contributed by atoms with Gasteiger partial charge < -0.3 is 5.32 Å². The second-order valence-corrected chi connectivity index (χ2v) is 10.9. The molecule has 0 spiro atoms. The molecule has 2 amide bonds. The van der Waals surface area contributed by atoms with E-state index in [-0.39, 0.29) is 41.0 Å². The molecule has 4 aliphatic rings. The molecule has 1 N–H and O–H groups in total. The molecule has 5 atom stereocenters. The number of nitrogens with one attached hydrogen (secondary N) is 1. The Morgan fingerprint density at radius 3 is 2.34 bits per heavy atom. The Morgan fingerprint density at radius 1 is 0.906 bits per heavy atom. The van der Waals surface area contributed by atoms with Crippen LogP contribution in [0.25, 0.3) is 5.57 Å². The van der Waals surface area contributed by atoms with E-state index in [0.29, 0.717) is 11.6 Å². The Bertz CT molecular complexity index is 1140. The third-order valence-corrected chi connectivity index (χ3v) is 8.36. The summed E-state index contributed by atoms with van der Waals surface area (Å²) in [5, 5.41) is 3.65. The van der Waals surface area contributed by atoms with Crippen molar-refractivity contribution >= 4 is 28.8 Å². The summed E-state index contributed by atoms with van der Waals surface area (Å²) in [7, 11) is 0. The number of carbonyl (C=O) groups is 2. The van der Waals surface area contributed by atoms with Crippen LogP contribution >= 0.6 is 0 Å². The lowest BCUT2D eigenvalue weighted by Crippen LogP contribution is -2.45. The first-order valence-electron chi connectivity index (χ1n) is 11.9. The number of allylic oxidation sites excluding steroid dienone is 1. The smallest absolute Gasteiger partial charge is 0.240 e. The van der Waals surface area contributed by atoms with Crippen molar-refractivity contribution in [2.45, 2.75) is 46.1 Å². The van der Waals surface area contributed by atoms with Crippen LogP contribution in [0.3, 0.4) is 0 Å². The summed E-state index contributed by atoms with van der Waals surface area (Å²) >= 11 is 0. The summed E-state index contributed by atoms with van der Waals surface area (Å²) in [6, 6.07) is 17.7. The molecule has 2 fully saturated rings. The van der Waals surface area contributed by atoms with Crippen LogP contribution in [-0.4, -0.2) is 17.9 Å². The SMILES string of the molecule is CC(C)(C)C1CCC2=C3c4ccccc4NC3[C@@H]3C(=O)N(c4ccccc4)C(=O)[C@@H]3[C@@H]2C1. The van der Waals surface area contributed by atoms with E-state index in [0.717, 1.165) is 24.9 Å². The van der Waals surface area contributed by atoms with Gasteiger partial charge in [-0.3, -0.25) is 9.59 Å². The number of anilines is 2. The highest BCUT2D eigenvalue weighted by molar-refractivity contribution is 6.23. The molecule has 2 unspecified atom stereocenters. The van der Waals surface area contributed by atoms with E-state index in [9.17, 15) is 9.59 Å². The number of nitrogens with zero attached hydrogens (tertiary/aromatic N) is 1. The van der Waals surface area contributed by atoms with Crippen molar-refractivity contribution in [3.8, 4) is 0 Å². The van der Waals surface area contributed by atoms with Crippen LogP contribution < -0.4 is 10.2 Å². The molecule has 0 radical (unpaired) electrons. The maximum atomic E-state index is 13.9. The first-order valence-corrected chi connectivity index (χ1v) is 11.9.